The topological polar surface area (TPSA) is 50.4 Å². The molecule has 0 saturated heterocycles. The van der Waals surface area contributed by atoms with Crippen molar-refractivity contribution in [1.82, 2.24) is 14.3 Å². The third kappa shape index (κ3) is 4.33. The first-order valence-corrected chi connectivity index (χ1v) is 10.2. The van der Waals surface area contributed by atoms with Gasteiger partial charge in [-0.3, -0.25) is 14.4 Å². The van der Waals surface area contributed by atoms with Gasteiger partial charge in [-0.2, -0.15) is 0 Å². The van der Waals surface area contributed by atoms with E-state index in [1.165, 1.54) is 12.1 Å². The van der Waals surface area contributed by atoms with E-state index in [2.05, 4.69) is 0 Å². The summed E-state index contributed by atoms with van der Waals surface area (Å²) in [7, 11) is 0. The van der Waals surface area contributed by atoms with Crippen LogP contribution in [0, 0.1) is 11.6 Å². The monoisotopic (exact) mass is 433 g/mol. The van der Waals surface area contributed by atoms with Gasteiger partial charge >= 0.3 is 0 Å². The lowest BCUT2D eigenvalue weighted by Crippen LogP contribution is -2.32. The zero-order chi connectivity index (χ0) is 21.3. The van der Waals surface area contributed by atoms with Crippen molar-refractivity contribution in [3.8, 4) is 0 Å². The largest absolute Gasteiger partial charge is 0.394 e. The van der Waals surface area contributed by atoms with Gasteiger partial charge in [-0.1, -0.05) is 23.7 Å². The van der Waals surface area contributed by atoms with Gasteiger partial charge in [-0.25, -0.2) is 13.5 Å². The third-order valence-electron chi connectivity index (χ3n) is 5.38. The van der Waals surface area contributed by atoms with Crippen molar-refractivity contribution in [3.05, 3.63) is 91.9 Å². The highest BCUT2D eigenvalue weighted by Gasteiger charge is 2.26. The molecular formula is C22H22ClF2N3O2. The van der Waals surface area contributed by atoms with Gasteiger partial charge in [0.25, 0.3) is 5.56 Å². The van der Waals surface area contributed by atoms with Crippen LogP contribution in [0.3, 0.4) is 0 Å². The Hall–Kier alpha value is -2.48. The Bertz CT molecular complexity index is 1090. The summed E-state index contributed by atoms with van der Waals surface area (Å²) in [6, 6.07) is 10.8. The standard InChI is InChI=1S/C22H22ClF2N3O2/c23-17-3-1-15(2-4-17)13-28-22(30)20-14-26(6-5-21(20)27(28)7-8-29)12-16-9-18(24)11-19(25)10-16/h1-4,9-11,29H,5-8,12-14H2. The van der Waals surface area contributed by atoms with Crippen molar-refractivity contribution in [2.75, 3.05) is 13.2 Å². The lowest BCUT2D eigenvalue weighted by atomic mass is 10.1. The third-order valence-corrected chi connectivity index (χ3v) is 5.63. The van der Waals surface area contributed by atoms with Crippen LogP contribution in [0.2, 0.25) is 5.02 Å². The van der Waals surface area contributed by atoms with Gasteiger partial charge in [0.05, 0.1) is 25.3 Å². The van der Waals surface area contributed by atoms with Gasteiger partial charge in [0, 0.05) is 42.8 Å². The van der Waals surface area contributed by atoms with Crippen molar-refractivity contribution < 1.29 is 13.9 Å². The second kappa shape index (κ2) is 8.71. The molecule has 0 amide bonds. The fourth-order valence-corrected chi connectivity index (χ4v) is 4.19. The molecule has 1 aliphatic rings. The van der Waals surface area contributed by atoms with Crippen LogP contribution in [0.25, 0.3) is 0 Å². The van der Waals surface area contributed by atoms with Crippen LogP contribution >= 0.6 is 11.6 Å². The number of aliphatic hydroxyl groups is 1. The van der Waals surface area contributed by atoms with E-state index in [9.17, 15) is 18.7 Å². The highest BCUT2D eigenvalue weighted by atomic mass is 35.5. The molecule has 0 radical (unpaired) electrons. The van der Waals surface area contributed by atoms with Crippen LogP contribution in [0.4, 0.5) is 8.78 Å². The fourth-order valence-electron chi connectivity index (χ4n) is 4.06. The lowest BCUT2D eigenvalue weighted by molar-refractivity contribution is 0.232. The number of benzene rings is 2. The molecular weight excluding hydrogens is 412 g/mol. The van der Waals surface area contributed by atoms with Crippen LogP contribution in [-0.4, -0.2) is 32.5 Å². The molecule has 0 spiro atoms. The average molecular weight is 434 g/mol. The smallest absolute Gasteiger partial charge is 0.271 e. The molecule has 3 aromatic rings. The van der Waals surface area contributed by atoms with E-state index in [1.54, 1.807) is 16.8 Å². The summed E-state index contributed by atoms with van der Waals surface area (Å²) in [6.07, 6.45) is 0.621. The Kier molecular flexibility index (Phi) is 6.04. The van der Waals surface area contributed by atoms with Crippen molar-refractivity contribution in [2.24, 2.45) is 0 Å². The van der Waals surface area contributed by atoms with Crippen molar-refractivity contribution in [3.63, 3.8) is 0 Å². The molecule has 8 heteroatoms. The number of rotatable bonds is 6. The number of aromatic nitrogens is 2. The molecule has 0 saturated carbocycles. The maximum Gasteiger partial charge on any atom is 0.271 e. The van der Waals surface area contributed by atoms with E-state index in [0.717, 1.165) is 17.3 Å². The minimum absolute atomic E-state index is 0.0759. The van der Waals surface area contributed by atoms with E-state index in [1.807, 2.05) is 21.7 Å². The summed E-state index contributed by atoms with van der Waals surface area (Å²) in [5, 5.41) is 10.1. The molecule has 1 aromatic heterocycles. The Morgan fingerprint density at radius 2 is 1.67 bits per heavy atom. The van der Waals surface area contributed by atoms with Gasteiger partial charge in [0.1, 0.15) is 11.6 Å². The number of aliphatic hydroxyl groups excluding tert-OH is 1. The van der Waals surface area contributed by atoms with E-state index in [0.29, 0.717) is 55.3 Å². The predicted octanol–water partition coefficient (Wildman–Crippen LogP) is 3.18. The fraction of sp³-hybridized carbons (Fsp3) is 0.318. The van der Waals surface area contributed by atoms with Crippen molar-refractivity contribution >= 4 is 11.6 Å². The summed E-state index contributed by atoms with van der Waals surface area (Å²) in [5.41, 5.74) is 2.93. The number of hydrogen-bond acceptors (Lipinski definition) is 3. The second-order valence-corrected chi connectivity index (χ2v) is 7.94. The number of hydrogen-bond donors (Lipinski definition) is 1. The quantitative estimate of drug-likeness (QED) is 0.649. The first-order chi connectivity index (χ1) is 14.4. The minimum Gasteiger partial charge on any atom is -0.394 e. The Balaban J connectivity index is 1.62. The summed E-state index contributed by atoms with van der Waals surface area (Å²) in [6.45, 7) is 2.03. The van der Waals surface area contributed by atoms with Gasteiger partial charge < -0.3 is 5.11 Å². The van der Waals surface area contributed by atoms with Gasteiger partial charge in [0.15, 0.2) is 0 Å². The van der Waals surface area contributed by atoms with Crippen LogP contribution in [0.5, 0.6) is 0 Å². The molecule has 1 N–H and O–H groups in total. The molecule has 0 bridgehead atoms. The minimum atomic E-state index is -0.609. The number of fused-ring (bicyclic) bond motifs is 1. The summed E-state index contributed by atoms with van der Waals surface area (Å²) >= 11 is 5.95. The zero-order valence-electron chi connectivity index (χ0n) is 16.3. The summed E-state index contributed by atoms with van der Waals surface area (Å²) in [5.74, 6) is -1.22. The molecule has 5 nitrogen and oxygen atoms in total. The molecule has 158 valence electrons. The molecule has 0 unspecified atom stereocenters. The average Bonchev–Trinajstić information content (AvgIpc) is 2.95. The predicted molar refractivity (Wildman–Crippen MR) is 111 cm³/mol. The molecule has 4 rings (SSSR count). The molecule has 2 heterocycles. The van der Waals surface area contributed by atoms with Gasteiger partial charge in [-0.05, 0) is 35.4 Å². The first kappa shape index (κ1) is 20.8. The summed E-state index contributed by atoms with van der Waals surface area (Å²) in [4.78, 5) is 15.2. The van der Waals surface area contributed by atoms with Gasteiger partial charge in [0.2, 0.25) is 0 Å². The lowest BCUT2D eigenvalue weighted by Gasteiger charge is -2.27. The van der Waals surface area contributed by atoms with Crippen molar-refractivity contribution in [2.45, 2.75) is 32.6 Å². The normalized spacial score (nSPS) is 14.1. The molecule has 30 heavy (non-hydrogen) atoms. The molecule has 0 atom stereocenters. The first-order valence-electron chi connectivity index (χ1n) is 9.78. The number of nitrogens with zero attached hydrogens (tertiary/aromatic N) is 3. The second-order valence-electron chi connectivity index (χ2n) is 7.50. The van der Waals surface area contributed by atoms with Crippen molar-refractivity contribution in [1.29, 1.82) is 0 Å². The van der Waals surface area contributed by atoms with E-state index < -0.39 is 11.6 Å². The Labute approximate surface area is 177 Å². The zero-order valence-corrected chi connectivity index (χ0v) is 17.1. The van der Waals surface area contributed by atoms with Crippen LogP contribution in [-0.2, 0) is 32.6 Å². The van der Waals surface area contributed by atoms with E-state index in [-0.39, 0.29) is 12.2 Å². The highest BCUT2D eigenvalue weighted by molar-refractivity contribution is 6.30. The van der Waals surface area contributed by atoms with Gasteiger partial charge in [-0.15, -0.1) is 0 Å². The highest BCUT2D eigenvalue weighted by Crippen LogP contribution is 2.21. The molecule has 1 aliphatic heterocycles. The molecule has 0 fully saturated rings. The SMILES string of the molecule is O=c1c2c(n(CCO)n1Cc1ccc(Cl)cc1)CCN(Cc1cc(F)cc(F)c1)C2. The van der Waals surface area contributed by atoms with Crippen LogP contribution in [0.1, 0.15) is 22.4 Å². The maximum atomic E-state index is 13.5. The number of halogens is 3. The summed E-state index contributed by atoms with van der Waals surface area (Å²) < 4.78 is 30.5. The molecule has 2 aromatic carbocycles. The molecule has 0 aliphatic carbocycles. The van der Waals surface area contributed by atoms with Crippen LogP contribution < -0.4 is 5.56 Å². The maximum absolute atomic E-state index is 13.5. The Morgan fingerprint density at radius 1 is 0.967 bits per heavy atom. The van der Waals surface area contributed by atoms with E-state index in [4.69, 9.17) is 11.6 Å². The Morgan fingerprint density at radius 3 is 2.33 bits per heavy atom. The van der Waals surface area contributed by atoms with Crippen LogP contribution in [0.15, 0.2) is 47.3 Å². The van der Waals surface area contributed by atoms with E-state index >= 15 is 0 Å².